The lowest BCUT2D eigenvalue weighted by atomic mass is 10.0. The molecule has 20 heavy (non-hydrogen) atoms. The van der Waals surface area contributed by atoms with Gasteiger partial charge >= 0.3 is 0 Å². The standard InChI is InChI=1S/C16H20FN3/c17-15-6-4-14(5-7-15)16(13-2-3-13)19-8-1-10-20-11-9-18-12-20/h4-7,9,11-13,16,19H,1-3,8,10H2. The number of halogens is 1. The zero-order valence-electron chi connectivity index (χ0n) is 11.5. The van der Waals surface area contributed by atoms with Crippen molar-refractivity contribution in [1.29, 1.82) is 0 Å². The lowest BCUT2D eigenvalue weighted by molar-refractivity contribution is 0.461. The highest BCUT2D eigenvalue weighted by molar-refractivity contribution is 5.21. The third kappa shape index (κ3) is 3.45. The number of nitrogens with zero attached hydrogens (tertiary/aromatic N) is 2. The molecule has 0 saturated heterocycles. The molecule has 4 heteroatoms. The maximum absolute atomic E-state index is 13.0. The van der Waals surface area contributed by atoms with Crippen molar-refractivity contribution in [3.05, 3.63) is 54.4 Å². The molecule has 0 amide bonds. The van der Waals surface area contributed by atoms with E-state index in [1.807, 2.05) is 24.7 Å². The van der Waals surface area contributed by atoms with Crippen molar-refractivity contribution >= 4 is 0 Å². The van der Waals surface area contributed by atoms with Crippen molar-refractivity contribution in [2.45, 2.75) is 31.8 Å². The van der Waals surface area contributed by atoms with Crippen molar-refractivity contribution in [2.24, 2.45) is 5.92 Å². The van der Waals surface area contributed by atoms with Crippen molar-refractivity contribution in [1.82, 2.24) is 14.9 Å². The molecule has 1 N–H and O–H groups in total. The second kappa shape index (κ2) is 6.18. The third-order valence-electron chi connectivity index (χ3n) is 3.84. The molecule has 0 radical (unpaired) electrons. The number of aryl methyl sites for hydroxylation is 1. The average molecular weight is 273 g/mol. The van der Waals surface area contributed by atoms with E-state index in [9.17, 15) is 4.39 Å². The molecular formula is C16H20FN3. The van der Waals surface area contributed by atoms with Gasteiger partial charge in [-0.1, -0.05) is 12.1 Å². The Balaban J connectivity index is 1.51. The van der Waals surface area contributed by atoms with Crippen molar-refractivity contribution in [3.63, 3.8) is 0 Å². The Bertz CT molecular complexity index is 517. The Morgan fingerprint density at radius 3 is 2.75 bits per heavy atom. The molecule has 1 saturated carbocycles. The van der Waals surface area contributed by atoms with E-state index < -0.39 is 0 Å². The minimum absolute atomic E-state index is 0.164. The lowest BCUT2D eigenvalue weighted by Gasteiger charge is -2.19. The molecule has 1 aliphatic rings. The van der Waals surface area contributed by atoms with Crippen LogP contribution in [0.4, 0.5) is 4.39 Å². The molecule has 2 aromatic rings. The van der Waals surface area contributed by atoms with Crippen LogP contribution < -0.4 is 5.32 Å². The van der Waals surface area contributed by atoms with Gasteiger partial charge in [-0.25, -0.2) is 9.37 Å². The predicted molar refractivity (Wildman–Crippen MR) is 76.7 cm³/mol. The fourth-order valence-electron chi connectivity index (χ4n) is 2.59. The summed E-state index contributed by atoms with van der Waals surface area (Å²) in [5.74, 6) is 0.553. The fraction of sp³-hybridized carbons (Fsp3) is 0.438. The smallest absolute Gasteiger partial charge is 0.123 e. The molecule has 1 unspecified atom stereocenters. The predicted octanol–water partition coefficient (Wildman–Crippen LogP) is 3.15. The SMILES string of the molecule is Fc1ccc(C(NCCCn2ccnc2)C2CC2)cc1. The number of aromatic nitrogens is 2. The summed E-state index contributed by atoms with van der Waals surface area (Å²) in [7, 11) is 0. The number of hydrogen-bond acceptors (Lipinski definition) is 2. The van der Waals surface area contributed by atoms with Gasteiger partial charge in [0.1, 0.15) is 5.82 Å². The van der Waals surface area contributed by atoms with Gasteiger partial charge in [-0.15, -0.1) is 0 Å². The second-order valence-electron chi connectivity index (χ2n) is 5.47. The van der Waals surface area contributed by atoms with E-state index in [-0.39, 0.29) is 5.82 Å². The Morgan fingerprint density at radius 2 is 2.10 bits per heavy atom. The van der Waals surface area contributed by atoms with Crippen LogP contribution in [0.2, 0.25) is 0 Å². The monoisotopic (exact) mass is 273 g/mol. The maximum atomic E-state index is 13.0. The van der Waals surface area contributed by atoms with Gasteiger partial charge in [-0.05, 0) is 49.4 Å². The van der Waals surface area contributed by atoms with E-state index in [0.717, 1.165) is 19.5 Å². The van der Waals surface area contributed by atoms with Crippen LogP contribution in [0.25, 0.3) is 0 Å². The molecule has 0 bridgehead atoms. The average Bonchev–Trinajstić information content (AvgIpc) is 3.16. The molecule has 1 aromatic carbocycles. The molecule has 1 heterocycles. The largest absolute Gasteiger partial charge is 0.337 e. The molecule has 3 rings (SSSR count). The third-order valence-corrected chi connectivity index (χ3v) is 3.84. The van der Waals surface area contributed by atoms with E-state index in [1.165, 1.54) is 18.4 Å². The van der Waals surface area contributed by atoms with Gasteiger partial charge in [-0.2, -0.15) is 0 Å². The number of imidazole rings is 1. The summed E-state index contributed by atoms with van der Waals surface area (Å²) in [5, 5.41) is 3.62. The summed E-state index contributed by atoms with van der Waals surface area (Å²) in [6, 6.07) is 7.29. The molecule has 1 fully saturated rings. The quantitative estimate of drug-likeness (QED) is 0.785. The molecular weight excluding hydrogens is 253 g/mol. The van der Waals surface area contributed by atoms with Crippen molar-refractivity contribution in [2.75, 3.05) is 6.54 Å². The zero-order chi connectivity index (χ0) is 13.8. The minimum Gasteiger partial charge on any atom is -0.337 e. The molecule has 1 atom stereocenters. The second-order valence-corrected chi connectivity index (χ2v) is 5.47. The van der Waals surface area contributed by atoms with Gasteiger partial charge in [0.25, 0.3) is 0 Å². The topological polar surface area (TPSA) is 29.9 Å². The summed E-state index contributed by atoms with van der Waals surface area (Å²) in [6.45, 7) is 1.95. The fourth-order valence-corrected chi connectivity index (χ4v) is 2.59. The van der Waals surface area contributed by atoms with Gasteiger partial charge in [0.05, 0.1) is 6.33 Å². The van der Waals surface area contributed by atoms with Gasteiger partial charge in [0.2, 0.25) is 0 Å². The summed E-state index contributed by atoms with van der Waals surface area (Å²) in [4.78, 5) is 4.04. The highest BCUT2D eigenvalue weighted by Gasteiger charge is 2.31. The Morgan fingerprint density at radius 1 is 1.30 bits per heavy atom. The van der Waals surface area contributed by atoms with Crippen LogP contribution in [0.15, 0.2) is 43.0 Å². The van der Waals surface area contributed by atoms with Gasteiger partial charge in [0, 0.05) is 25.0 Å². The molecule has 0 spiro atoms. The first kappa shape index (κ1) is 13.3. The van der Waals surface area contributed by atoms with Crippen LogP contribution >= 0.6 is 0 Å². The molecule has 1 aromatic heterocycles. The van der Waals surface area contributed by atoms with Crippen molar-refractivity contribution in [3.8, 4) is 0 Å². The Hall–Kier alpha value is -1.68. The van der Waals surface area contributed by atoms with Crippen LogP contribution in [0.3, 0.4) is 0 Å². The first-order valence-electron chi connectivity index (χ1n) is 7.27. The van der Waals surface area contributed by atoms with Gasteiger partial charge in [0.15, 0.2) is 0 Å². The van der Waals surface area contributed by atoms with Crippen LogP contribution in [-0.4, -0.2) is 16.1 Å². The van der Waals surface area contributed by atoms with E-state index in [4.69, 9.17) is 0 Å². The number of nitrogens with one attached hydrogen (secondary N) is 1. The number of benzene rings is 1. The van der Waals surface area contributed by atoms with E-state index in [1.54, 1.807) is 18.3 Å². The van der Waals surface area contributed by atoms with E-state index in [0.29, 0.717) is 12.0 Å². The molecule has 106 valence electrons. The van der Waals surface area contributed by atoms with E-state index >= 15 is 0 Å². The zero-order valence-corrected chi connectivity index (χ0v) is 11.5. The molecule has 1 aliphatic carbocycles. The van der Waals surface area contributed by atoms with Crippen LogP contribution in [0.5, 0.6) is 0 Å². The summed E-state index contributed by atoms with van der Waals surface area (Å²) in [5.41, 5.74) is 1.21. The normalized spacial score (nSPS) is 16.2. The van der Waals surface area contributed by atoms with E-state index in [2.05, 4.69) is 14.9 Å². The minimum atomic E-state index is -0.164. The van der Waals surface area contributed by atoms with Crippen LogP contribution in [0.1, 0.15) is 30.9 Å². The van der Waals surface area contributed by atoms with Gasteiger partial charge in [-0.3, -0.25) is 0 Å². The highest BCUT2D eigenvalue weighted by Crippen LogP contribution is 2.40. The highest BCUT2D eigenvalue weighted by atomic mass is 19.1. The van der Waals surface area contributed by atoms with Gasteiger partial charge < -0.3 is 9.88 Å². The first-order chi connectivity index (χ1) is 9.83. The summed E-state index contributed by atoms with van der Waals surface area (Å²) in [6.07, 6.45) is 9.25. The Kier molecular flexibility index (Phi) is 4.11. The number of rotatable bonds is 7. The Labute approximate surface area is 118 Å². The summed E-state index contributed by atoms with van der Waals surface area (Å²) >= 11 is 0. The van der Waals surface area contributed by atoms with Crippen molar-refractivity contribution < 1.29 is 4.39 Å². The summed E-state index contributed by atoms with van der Waals surface area (Å²) < 4.78 is 15.1. The number of hydrogen-bond donors (Lipinski definition) is 1. The first-order valence-corrected chi connectivity index (χ1v) is 7.27. The molecule has 0 aliphatic heterocycles. The van der Waals surface area contributed by atoms with Crippen LogP contribution in [0, 0.1) is 11.7 Å². The lowest BCUT2D eigenvalue weighted by Crippen LogP contribution is -2.25. The van der Waals surface area contributed by atoms with Crippen LogP contribution in [-0.2, 0) is 6.54 Å². The maximum Gasteiger partial charge on any atom is 0.123 e. The molecule has 3 nitrogen and oxygen atoms in total.